The zero-order valence-electron chi connectivity index (χ0n) is 13.1. The molecule has 1 saturated heterocycles. The van der Waals surface area contributed by atoms with Crippen molar-refractivity contribution in [3.05, 3.63) is 35.9 Å². The highest BCUT2D eigenvalue weighted by molar-refractivity contribution is 5.81. The number of nitrogens with two attached hydrogens (primary N) is 1. The number of aliphatic imine (C=N–C) groups is 1. The Hall–Kier alpha value is -1.55. The van der Waals surface area contributed by atoms with Crippen LogP contribution in [0, 0.1) is 0 Å². The molecule has 0 amide bonds. The number of benzene rings is 1. The Morgan fingerprint density at radius 2 is 1.86 bits per heavy atom. The zero-order chi connectivity index (χ0) is 14.9. The van der Waals surface area contributed by atoms with Crippen molar-refractivity contribution in [2.75, 3.05) is 19.6 Å². The van der Waals surface area contributed by atoms with Gasteiger partial charge in [0, 0.05) is 25.7 Å². The lowest BCUT2D eigenvalue weighted by Gasteiger charge is -2.47. The summed E-state index contributed by atoms with van der Waals surface area (Å²) in [7, 11) is 0. The molecule has 114 valence electrons. The number of guanidine groups is 1. The molecule has 1 spiro atoms. The van der Waals surface area contributed by atoms with Crippen molar-refractivity contribution in [2.45, 2.75) is 44.8 Å². The van der Waals surface area contributed by atoms with Gasteiger partial charge in [0.05, 0.1) is 12.1 Å². The molecule has 4 nitrogen and oxygen atoms in total. The van der Waals surface area contributed by atoms with E-state index in [9.17, 15) is 0 Å². The summed E-state index contributed by atoms with van der Waals surface area (Å²) in [4.78, 5) is 9.43. The molecule has 4 heteroatoms. The normalized spacial score (nSPS) is 22.0. The number of hydrogen-bond donors (Lipinski definition) is 1. The van der Waals surface area contributed by atoms with Crippen LogP contribution in [0.5, 0.6) is 0 Å². The van der Waals surface area contributed by atoms with Gasteiger partial charge < -0.3 is 10.6 Å². The quantitative estimate of drug-likeness (QED) is 0.925. The molecule has 0 saturated carbocycles. The summed E-state index contributed by atoms with van der Waals surface area (Å²) >= 11 is 0. The van der Waals surface area contributed by atoms with Crippen LogP contribution in [0.3, 0.4) is 0 Å². The van der Waals surface area contributed by atoms with Crippen molar-refractivity contribution in [1.29, 1.82) is 0 Å². The predicted octanol–water partition coefficient (Wildman–Crippen LogP) is 2.06. The van der Waals surface area contributed by atoms with E-state index in [1.54, 1.807) is 0 Å². The maximum Gasteiger partial charge on any atom is 0.192 e. The standard InChI is InChI=1S/C17H26N4/c1-14(2)21-16(18)19-13-17(21)8-10-20(11-9-17)12-15-6-4-3-5-7-15/h3-7,14H,8-13H2,1-2H3,(H2,18,19). The summed E-state index contributed by atoms with van der Waals surface area (Å²) in [6, 6.07) is 11.2. The van der Waals surface area contributed by atoms with Gasteiger partial charge in [-0.05, 0) is 32.3 Å². The van der Waals surface area contributed by atoms with Crippen LogP contribution in [0.15, 0.2) is 35.3 Å². The fraction of sp³-hybridized carbons (Fsp3) is 0.588. The summed E-state index contributed by atoms with van der Waals surface area (Å²) in [6.45, 7) is 8.60. The van der Waals surface area contributed by atoms with Gasteiger partial charge in [0.15, 0.2) is 5.96 Å². The van der Waals surface area contributed by atoms with E-state index >= 15 is 0 Å². The second-order valence-corrected chi connectivity index (χ2v) is 6.62. The van der Waals surface area contributed by atoms with Gasteiger partial charge in [0.25, 0.3) is 0 Å². The van der Waals surface area contributed by atoms with Crippen molar-refractivity contribution in [1.82, 2.24) is 9.80 Å². The summed E-state index contributed by atoms with van der Waals surface area (Å²) in [6.07, 6.45) is 2.31. The molecule has 2 N–H and O–H groups in total. The highest BCUT2D eigenvalue weighted by atomic mass is 15.4. The van der Waals surface area contributed by atoms with Crippen LogP contribution in [0.2, 0.25) is 0 Å². The molecular formula is C17H26N4. The summed E-state index contributed by atoms with van der Waals surface area (Å²) in [5.41, 5.74) is 7.68. The minimum Gasteiger partial charge on any atom is -0.370 e. The van der Waals surface area contributed by atoms with Gasteiger partial charge in [-0.15, -0.1) is 0 Å². The maximum atomic E-state index is 6.11. The Balaban J connectivity index is 1.63. The molecule has 21 heavy (non-hydrogen) atoms. The molecule has 2 aliphatic rings. The SMILES string of the molecule is CC(C)N1C(N)=NCC12CCN(Cc1ccccc1)CC2. The zero-order valence-corrected chi connectivity index (χ0v) is 13.1. The highest BCUT2D eigenvalue weighted by Crippen LogP contribution is 2.34. The van der Waals surface area contributed by atoms with Crippen LogP contribution >= 0.6 is 0 Å². The molecule has 0 radical (unpaired) electrons. The average Bonchev–Trinajstić information content (AvgIpc) is 2.80. The summed E-state index contributed by atoms with van der Waals surface area (Å²) in [5, 5.41) is 0. The molecular weight excluding hydrogens is 260 g/mol. The molecule has 0 aromatic heterocycles. The summed E-state index contributed by atoms with van der Waals surface area (Å²) in [5.74, 6) is 0.738. The molecule has 0 bridgehead atoms. The van der Waals surface area contributed by atoms with Gasteiger partial charge in [-0.25, -0.2) is 0 Å². The van der Waals surface area contributed by atoms with Crippen LogP contribution in [0.1, 0.15) is 32.3 Å². The molecule has 1 aromatic rings. The van der Waals surface area contributed by atoms with E-state index in [0.29, 0.717) is 6.04 Å². The lowest BCUT2D eigenvalue weighted by atomic mass is 9.85. The van der Waals surface area contributed by atoms with Gasteiger partial charge in [-0.2, -0.15) is 0 Å². The number of rotatable bonds is 3. The monoisotopic (exact) mass is 286 g/mol. The second kappa shape index (κ2) is 5.68. The molecule has 0 aliphatic carbocycles. The first-order valence-corrected chi connectivity index (χ1v) is 7.96. The van der Waals surface area contributed by atoms with Crippen molar-refractivity contribution in [2.24, 2.45) is 10.7 Å². The maximum absolute atomic E-state index is 6.11. The average molecular weight is 286 g/mol. The van der Waals surface area contributed by atoms with Gasteiger partial charge in [0.2, 0.25) is 0 Å². The fourth-order valence-corrected chi connectivity index (χ4v) is 3.80. The van der Waals surface area contributed by atoms with Gasteiger partial charge >= 0.3 is 0 Å². The number of hydrogen-bond acceptors (Lipinski definition) is 4. The van der Waals surface area contributed by atoms with Crippen molar-refractivity contribution < 1.29 is 0 Å². The van der Waals surface area contributed by atoms with Crippen LogP contribution in [-0.2, 0) is 6.54 Å². The van der Waals surface area contributed by atoms with Crippen LogP contribution in [0.4, 0.5) is 0 Å². The van der Waals surface area contributed by atoms with Crippen molar-refractivity contribution in [3.63, 3.8) is 0 Å². The smallest absolute Gasteiger partial charge is 0.192 e. The minimum absolute atomic E-state index is 0.172. The van der Waals surface area contributed by atoms with E-state index < -0.39 is 0 Å². The van der Waals surface area contributed by atoms with Crippen molar-refractivity contribution >= 4 is 5.96 Å². The van der Waals surface area contributed by atoms with E-state index in [2.05, 4.69) is 59.0 Å². The number of piperidine rings is 1. The first-order valence-electron chi connectivity index (χ1n) is 7.96. The third-order valence-corrected chi connectivity index (χ3v) is 4.85. The fourth-order valence-electron chi connectivity index (χ4n) is 3.80. The van der Waals surface area contributed by atoms with E-state index in [4.69, 9.17) is 5.73 Å². The third kappa shape index (κ3) is 2.77. The second-order valence-electron chi connectivity index (χ2n) is 6.62. The lowest BCUT2D eigenvalue weighted by Crippen LogP contribution is -2.59. The largest absolute Gasteiger partial charge is 0.370 e. The molecule has 1 fully saturated rings. The van der Waals surface area contributed by atoms with E-state index in [-0.39, 0.29) is 5.54 Å². The van der Waals surface area contributed by atoms with Crippen molar-refractivity contribution in [3.8, 4) is 0 Å². The van der Waals surface area contributed by atoms with Crippen LogP contribution in [-0.4, -0.2) is 47.0 Å². The predicted molar refractivity (Wildman–Crippen MR) is 87.1 cm³/mol. The first-order chi connectivity index (χ1) is 10.1. The van der Waals surface area contributed by atoms with Crippen LogP contribution < -0.4 is 5.73 Å². The Bertz CT molecular complexity index is 501. The third-order valence-electron chi connectivity index (χ3n) is 4.85. The molecule has 0 atom stereocenters. The van der Waals surface area contributed by atoms with E-state index in [1.807, 2.05) is 0 Å². The Morgan fingerprint density at radius 3 is 2.48 bits per heavy atom. The van der Waals surface area contributed by atoms with Gasteiger partial charge in [0.1, 0.15) is 0 Å². The first kappa shape index (κ1) is 14.4. The Morgan fingerprint density at radius 1 is 1.19 bits per heavy atom. The topological polar surface area (TPSA) is 44.9 Å². The molecule has 3 rings (SSSR count). The number of nitrogens with zero attached hydrogens (tertiary/aromatic N) is 3. The Labute approximate surface area is 127 Å². The minimum atomic E-state index is 0.172. The molecule has 2 heterocycles. The molecule has 1 aromatic carbocycles. The molecule has 2 aliphatic heterocycles. The van der Waals surface area contributed by atoms with Crippen LogP contribution in [0.25, 0.3) is 0 Å². The Kier molecular flexibility index (Phi) is 3.89. The van der Waals surface area contributed by atoms with Gasteiger partial charge in [-0.3, -0.25) is 9.89 Å². The highest BCUT2D eigenvalue weighted by Gasteiger charge is 2.45. The molecule has 0 unspecified atom stereocenters. The lowest BCUT2D eigenvalue weighted by molar-refractivity contribution is 0.0663. The van der Waals surface area contributed by atoms with E-state index in [1.165, 1.54) is 5.56 Å². The van der Waals surface area contributed by atoms with E-state index in [0.717, 1.165) is 45.0 Å². The number of likely N-dealkylation sites (tertiary alicyclic amines) is 1. The summed E-state index contributed by atoms with van der Waals surface area (Å²) < 4.78 is 0. The van der Waals surface area contributed by atoms with Gasteiger partial charge in [-0.1, -0.05) is 30.3 Å².